The van der Waals surface area contributed by atoms with Gasteiger partial charge in [-0.15, -0.1) is 0 Å². The maximum atomic E-state index is 8.90. The smallest absolute Gasteiger partial charge is 0.0582 e. The maximum absolute atomic E-state index is 8.90. The van der Waals surface area contributed by atoms with Gasteiger partial charge in [-0.3, -0.25) is 0 Å². The van der Waals surface area contributed by atoms with Crippen LogP contribution in [0.15, 0.2) is 0 Å². The zero-order valence-corrected chi connectivity index (χ0v) is 22.4. The molecule has 3 N–H and O–H groups in total. The van der Waals surface area contributed by atoms with Crippen LogP contribution in [0.2, 0.25) is 0 Å². The minimum atomic E-state index is 0.00405. The van der Waals surface area contributed by atoms with E-state index in [0.717, 1.165) is 6.42 Å². The fraction of sp³-hybridized carbons (Fsp3) is 1.00. The third-order valence-electron chi connectivity index (χ3n) is 7.16. The molecule has 0 aliphatic carbocycles. The van der Waals surface area contributed by atoms with E-state index in [4.69, 9.17) is 10.8 Å². The van der Waals surface area contributed by atoms with Crippen molar-refractivity contribution in [2.75, 3.05) is 6.61 Å². The Hall–Kier alpha value is -0.0800. The predicted octanol–water partition coefficient (Wildman–Crippen LogP) is 9.86. The number of aliphatic hydroxyl groups is 1. The van der Waals surface area contributed by atoms with Gasteiger partial charge in [-0.05, 0) is 6.42 Å². The van der Waals surface area contributed by atoms with E-state index >= 15 is 0 Å². The molecule has 1 atom stereocenters. The summed E-state index contributed by atoms with van der Waals surface area (Å²) in [7, 11) is 0. The number of unbranched alkanes of at least 4 members (excludes halogenated alkanes) is 25. The molecule has 0 saturated heterocycles. The van der Waals surface area contributed by atoms with Crippen LogP contribution >= 0.6 is 0 Å². The standard InChI is InChI=1S/C30H63NO/c1-2-3-4-5-6-7-8-9-10-11-12-13-14-15-16-17-18-19-20-21-22-23-24-25-26-27-28-30(31)29-32/h30,32H,2-29,31H2,1H3. The van der Waals surface area contributed by atoms with Gasteiger partial charge in [0, 0.05) is 6.04 Å². The highest BCUT2D eigenvalue weighted by molar-refractivity contribution is 4.58. The molecular formula is C30H63NO. The summed E-state index contributed by atoms with van der Waals surface area (Å²) in [5.41, 5.74) is 5.72. The second-order valence-corrected chi connectivity index (χ2v) is 10.6. The van der Waals surface area contributed by atoms with Gasteiger partial charge in [0.15, 0.2) is 0 Å². The summed E-state index contributed by atoms with van der Waals surface area (Å²) in [5, 5.41) is 8.90. The van der Waals surface area contributed by atoms with Gasteiger partial charge in [0.1, 0.15) is 0 Å². The minimum absolute atomic E-state index is 0.00405. The van der Waals surface area contributed by atoms with E-state index in [2.05, 4.69) is 6.92 Å². The number of rotatable bonds is 28. The van der Waals surface area contributed by atoms with Gasteiger partial charge < -0.3 is 10.8 Å². The van der Waals surface area contributed by atoms with Crippen LogP contribution in [0.1, 0.15) is 180 Å². The van der Waals surface area contributed by atoms with Crippen molar-refractivity contribution >= 4 is 0 Å². The van der Waals surface area contributed by atoms with Crippen molar-refractivity contribution in [3.05, 3.63) is 0 Å². The average Bonchev–Trinajstić information content (AvgIpc) is 2.81. The lowest BCUT2D eigenvalue weighted by Gasteiger charge is -2.07. The molecule has 0 radical (unpaired) electrons. The highest BCUT2D eigenvalue weighted by Gasteiger charge is 1.99. The van der Waals surface area contributed by atoms with E-state index in [9.17, 15) is 0 Å². The minimum Gasteiger partial charge on any atom is -0.395 e. The Morgan fingerprint density at radius 1 is 0.406 bits per heavy atom. The van der Waals surface area contributed by atoms with Crippen LogP contribution in [0.5, 0.6) is 0 Å². The molecule has 0 rings (SSSR count). The highest BCUT2D eigenvalue weighted by Crippen LogP contribution is 2.16. The van der Waals surface area contributed by atoms with Crippen molar-refractivity contribution in [1.82, 2.24) is 0 Å². The van der Waals surface area contributed by atoms with Gasteiger partial charge in [0.25, 0.3) is 0 Å². The molecule has 0 aromatic rings. The summed E-state index contributed by atoms with van der Waals surface area (Å²) in [6.45, 7) is 2.44. The van der Waals surface area contributed by atoms with Crippen LogP contribution < -0.4 is 5.73 Å². The molecule has 0 bridgehead atoms. The first kappa shape index (κ1) is 31.9. The van der Waals surface area contributed by atoms with Crippen LogP contribution in [-0.2, 0) is 0 Å². The van der Waals surface area contributed by atoms with Gasteiger partial charge >= 0.3 is 0 Å². The molecule has 0 spiro atoms. The molecule has 0 aromatic heterocycles. The Morgan fingerprint density at radius 3 is 0.844 bits per heavy atom. The van der Waals surface area contributed by atoms with Gasteiger partial charge in [0.05, 0.1) is 6.61 Å². The largest absolute Gasteiger partial charge is 0.395 e. The number of hydrogen-bond acceptors (Lipinski definition) is 2. The summed E-state index contributed by atoms with van der Waals surface area (Å²) in [4.78, 5) is 0. The second kappa shape index (κ2) is 29.0. The molecule has 0 aliphatic heterocycles. The average molecular weight is 454 g/mol. The summed E-state index contributed by atoms with van der Waals surface area (Å²) < 4.78 is 0. The third-order valence-corrected chi connectivity index (χ3v) is 7.16. The fourth-order valence-electron chi connectivity index (χ4n) is 4.81. The lowest BCUT2D eigenvalue weighted by Crippen LogP contribution is -2.23. The summed E-state index contributed by atoms with van der Waals surface area (Å²) in [5.74, 6) is 0. The lowest BCUT2D eigenvalue weighted by molar-refractivity contribution is 0.257. The van der Waals surface area contributed by atoms with E-state index in [1.54, 1.807) is 0 Å². The van der Waals surface area contributed by atoms with Crippen LogP contribution in [0.3, 0.4) is 0 Å². The summed E-state index contributed by atoms with van der Waals surface area (Å²) in [6, 6.07) is 0.00405. The zero-order valence-electron chi connectivity index (χ0n) is 22.4. The van der Waals surface area contributed by atoms with Gasteiger partial charge in [-0.1, -0.05) is 174 Å². The van der Waals surface area contributed by atoms with Gasteiger partial charge in [0.2, 0.25) is 0 Å². The monoisotopic (exact) mass is 453 g/mol. The number of hydrogen-bond donors (Lipinski definition) is 2. The quantitative estimate of drug-likeness (QED) is 0.116. The number of nitrogens with two attached hydrogens (primary N) is 1. The van der Waals surface area contributed by atoms with Crippen LogP contribution in [0, 0.1) is 0 Å². The molecule has 0 aliphatic rings. The Kier molecular flexibility index (Phi) is 28.9. The molecule has 0 amide bonds. The van der Waals surface area contributed by atoms with E-state index < -0.39 is 0 Å². The van der Waals surface area contributed by atoms with E-state index in [0.29, 0.717) is 0 Å². The topological polar surface area (TPSA) is 46.2 Å². The first-order valence-electron chi connectivity index (χ1n) is 15.2. The van der Waals surface area contributed by atoms with Crippen LogP contribution in [0.25, 0.3) is 0 Å². The molecule has 0 heterocycles. The molecule has 194 valence electrons. The molecule has 1 unspecified atom stereocenters. The predicted molar refractivity (Wildman–Crippen MR) is 145 cm³/mol. The van der Waals surface area contributed by atoms with Crippen molar-refractivity contribution in [2.24, 2.45) is 5.73 Å². The Balaban J connectivity index is 3.01. The van der Waals surface area contributed by atoms with Crippen molar-refractivity contribution < 1.29 is 5.11 Å². The molecule has 0 fully saturated rings. The highest BCUT2D eigenvalue weighted by atomic mass is 16.3. The molecule has 32 heavy (non-hydrogen) atoms. The Labute approximate surface area is 203 Å². The normalized spacial score (nSPS) is 12.5. The van der Waals surface area contributed by atoms with Crippen molar-refractivity contribution in [3.63, 3.8) is 0 Å². The van der Waals surface area contributed by atoms with Crippen molar-refractivity contribution in [2.45, 2.75) is 186 Å². The van der Waals surface area contributed by atoms with Crippen LogP contribution in [-0.4, -0.2) is 17.8 Å². The van der Waals surface area contributed by atoms with E-state index in [1.807, 2.05) is 0 Å². The Bertz CT molecular complexity index is 320. The maximum Gasteiger partial charge on any atom is 0.0582 e. The first-order valence-corrected chi connectivity index (χ1v) is 15.2. The van der Waals surface area contributed by atoms with Gasteiger partial charge in [-0.25, -0.2) is 0 Å². The van der Waals surface area contributed by atoms with E-state index in [-0.39, 0.29) is 12.6 Å². The fourth-order valence-corrected chi connectivity index (χ4v) is 4.81. The van der Waals surface area contributed by atoms with Crippen LogP contribution in [0.4, 0.5) is 0 Å². The zero-order chi connectivity index (χ0) is 23.4. The van der Waals surface area contributed by atoms with E-state index in [1.165, 1.54) is 167 Å². The third kappa shape index (κ3) is 28.0. The van der Waals surface area contributed by atoms with Crippen molar-refractivity contribution in [3.8, 4) is 0 Å². The first-order chi connectivity index (χ1) is 15.8. The summed E-state index contributed by atoms with van der Waals surface area (Å²) in [6.07, 6.45) is 38.3. The molecule has 0 saturated carbocycles. The summed E-state index contributed by atoms with van der Waals surface area (Å²) >= 11 is 0. The second-order valence-electron chi connectivity index (χ2n) is 10.6. The molecule has 2 heteroatoms. The van der Waals surface area contributed by atoms with Gasteiger partial charge in [-0.2, -0.15) is 0 Å². The number of aliphatic hydroxyl groups excluding tert-OH is 1. The molecular weight excluding hydrogens is 390 g/mol. The van der Waals surface area contributed by atoms with Crippen molar-refractivity contribution in [1.29, 1.82) is 0 Å². The SMILES string of the molecule is CCCCCCCCCCCCCCCCCCCCCCCCCCCCC(N)CO. The lowest BCUT2D eigenvalue weighted by atomic mass is 10.0. The molecule has 2 nitrogen and oxygen atoms in total. The Morgan fingerprint density at radius 2 is 0.625 bits per heavy atom. The molecule has 0 aromatic carbocycles.